The molecule has 1 amide bonds. The van der Waals surface area contributed by atoms with E-state index in [1.54, 1.807) is 12.1 Å². The minimum absolute atomic E-state index is 0.0862. The van der Waals surface area contributed by atoms with E-state index in [1.165, 1.54) is 23.5 Å². The lowest BCUT2D eigenvalue weighted by atomic mass is 10.2. The third-order valence-electron chi connectivity index (χ3n) is 4.71. The fraction of sp³-hybridized carbons (Fsp3) is 0.182. The SMILES string of the molecule is CCN(Cc1ccccc1)C(=O)Cc1csc2nc(-c3ccc(F)cc3)cn12. The van der Waals surface area contributed by atoms with E-state index in [4.69, 9.17) is 0 Å². The van der Waals surface area contributed by atoms with Crippen LogP contribution in [0.2, 0.25) is 0 Å². The van der Waals surface area contributed by atoms with Gasteiger partial charge in [-0.25, -0.2) is 9.37 Å². The Labute approximate surface area is 166 Å². The van der Waals surface area contributed by atoms with Gasteiger partial charge in [-0.15, -0.1) is 11.3 Å². The number of rotatable bonds is 6. The van der Waals surface area contributed by atoms with Gasteiger partial charge < -0.3 is 4.90 Å². The van der Waals surface area contributed by atoms with Gasteiger partial charge in [-0.3, -0.25) is 9.20 Å². The van der Waals surface area contributed by atoms with Crippen LogP contribution in [0.15, 0.2) is 66.2 Å². The summed E-state index contributed by atoms with van der Waals surface area (Å²) in [7, 11) is 0. The van der Waals surface area contributed by atoms with Crippen molar-refractivity contribution in [2.75, 3.05) is 6.54 Å². The molecule has 2 aromatic heterocycles. The lowest BCUT2D eigenvalue weighted by Gasteiger charge is -2.21. The van der Waals surface area contributed by atoms with E-state index < -0.39 is 0 Å². The Morgan fingerprint density at radius 3 is 2.61 bits per heavy atom. The minimum atomic E-state index is -0.269. The Hall–Kier alpha value is -2.99. The fourth-order valence-corrected chi connectivity index (χ4v) is 4.04. The van der Waals surface area contributed by atoms with Gasteiger partial charge in [-0.05, 0) is 36.8 Å². The molecular formula is C22H20FN3OS. The highest BCUT2D eigenvalue weighted by Gasteiger charge is 2.17. The number of thiazole rings is 1. The van der Waals surface area contributed by atoms with Gasteiger partial charge in [-0.1, -0.05) is 30.3 Å². The fourth-order valence-electron chi connectivity index (χ4n) is 3.16. The highest BCUT2D eigenvalue weighted by Crippen LogP contribution is 2.24. The van der Waals surface area contributed by atoms with Crippen LogP contribution in [-0.2, 0) is 17.8 Å². The monoisotopic (exact) mass is 393 g/mol. The molecule has 0 saturated carbocycles. The number of benzene rings is 2. The highest BCUT2D eigenvalue weighted by atomic mass is 32.1. The molecule has 0 aliphatic heterocycles. The smallest absolute Gasteiger partial charge is 0.228 e. The maximum absolute atomic E-state index is 13.2. The summed E-state index contributed by atoms with van der Waals surface area (Å²) >= 11 is 1.50. The Morgan fingerprint density at radius 1 is 1.14 bits per heavy atom. The number of hydrogen-bond acceptors (Lipinski definition) is 3. The van der Waals surface area contributed by atoms with Crippen LogP contribution in [0.25, 0.3) is 16.2 Å². The van der Waals surface area contributed by atoms with Crippen molar-refractivity contribution < 1.29 is 9.18 Å². The lowest BCUT2D eigenvalue weighted by Crippen LogP contribution is -2.31. The van der Waals surface area contributed by atoms with Crippen LogP contribution < -0.4 is 0 Å². The summed E-state index contributed by atoms with van der Waals surface area (Å²) in [6.45, 7) is 3.26. The van der Waals surface area contributed by atoms with E-state index in [-0.39, 0.29) is 11.7 Å². The first kappa shape index (κ1) is 18.4. The molecule has 0 unspecified atom stereocenters. The number of halogens is 1. The Kier molecular flexibility index (Phi) is 5.21. The summed E-state index contributed by atoms with van der Waals surface area (Å²) in [5, 5.41) is 1.98. The summed E-state index contributed by atoms with van der Waals surface area (Å²) in [6, 6.07) is 16.3. The first-order valence-corrected chi connectivity index (χ1v) is 10.0. The van der Waals surface area contributed by atoms with E-state index in [1.807, 2.05) is 58.1 Å². The number of carbonyl (C=O) groups is 1. The zero-order valence-electron chi connectivity index (χ0n) is 15.5. The predicted molar refractivity (Wildman–Crippen MR) is 110 cm³/mol. The van der Waals surface area contributed by atoms with E-state index in [9.17, 15) is 9.18 Å². The highest BCUT2D eigenvalue weighted by molar-refractivity contribution is 7.15. The minimum Gasteiger partial charge on any atom is -0.338 e. The molecule has 28 heavy (non-hydrogen) atoms. The molecule has 142 valence electrons. The van der Waals surface area contributed by atoms with Crippen LogP contribution in [0.3, 0.4) is 0 Å². The molecular weight excluding hydrogens is 373 g/mol. The number of fused-ring (bicyclic) bond motifs is 1. The van der Waals surface area contributed by atoms with Crippen molar-refractivity contribution in [2.45, 2.75) is 19.9 Å². The quantitative estimate of drug-likeness (QED) is 0.472. The molecule has 0 fully saturated rings. The standard InChI is InChI=1S/C22H20FN3OS/c1-2-25(13-16-6-4-3-5-7-16)21(27)12-19-15-28-22-24-20(14-26(19)22)17-8-10-18(23)11-9-17/h3-11,14-15H,2,12-13H2,1H3. The van der Waals surface area contributed by atoms with Crippen molar-refractivity contribution in [1.29, 1.82) is 0 Å². The van der Waals surface area contributed by atoms with Crippen LogP contribution in [-0.4, -0.2) is 26.7 Å². The largest absolute Gasteiger partial charge is 0.338 e. The van der Waals surface area contributed by atoms with Crippen molar-refractivity contribution >= 4 is 22.2 Å². The number of amides is 1. The number of hydrogen-bond donors (Lipinski definition) is 0. The molecule has 0 radical (unpaired) electrons. The summed E-state index contributed by atoms with van der Waals surface area (Å²) in [6.07, 6.45) is 2.23. The second kappa shape index (κ2) is 7.94. The molecule has 2 aromatic carbocycles. The van der Waals surface area contributed by atoms with Gasteiger partial charge in [-0.2, -0.15) is 0 Å². The topological polar surface area (TPSA) is 37.6 Å². The van der Waals surface area contributed by atoms with Crippen LogP contribution in [0.1, 0.15) is 18.2 Å². The van der Waals surface area contributed by atoms with Gasteiger partial charge in [0.15, 0.2) is 4.96 Å². The van der Waals surface area contributed by atoms with E-state index in [0.717, 1.165) is 27.5 Å². The van der Waals surface area contributed by atoms with Crippen LogP contribution in [0, 0.1) is 5.82 Å². The Balaban J connectivity index is 1.53. The molecule has 0 atom stereocenters. The van der Waals surface area contributed by atoms with E-state index in [0.29, 0.717) is 19.5 Å². The molecule has 2 heterocycles. The zero-order valence-corrected chi connectivity index (χ0v) is 16.3. The van der Waals surface area contributed by atoms with Gasteiger partial charge in [0.1, 0.15) is 5.82 Å². The van der Waals surface area contributed by atoms with Gasteiger partial charge in [0.2, 0.25) is 5.91 Å². The van der Waals surface area contributed by atoms with Crippen molar-refractivity contribution in [3.8, 4) is 11.3 Å². The maximum atomic E-state index is 13.2. The summed E-state index contributed by atoms with van der Waals surface area (Å²) in [4.78, 5) is 20.2. The molecule has 6 heteroatoms. The number of nitrogens with zero attached hydrogens (tertiary/aromatic N) is 3. The van der Waals surface area contributed by atoms with Crippen molar-refractivity contribution in [1.82, 2.24) is 14.3 Å². The molecule has 0 bridgehead atoms. The van der Waals surface area contributed by atoms with Gasteiger partial charge >= 0.3 is 0 Å². The first-order chi connectivity index (χ1) is 13.6. The molecule has 0 aliphatic rings. The van der Waals surface area contributed by atoms with Gasteiger partial charge in [0.25, 0.3) is 0 Å². The van der Waals surface area contributed by atoms with Gasteiger partial charge in [0, 0.05) is 35.9 Å². The summed E-state index contributed by atoms with van der Waals surface area (Å²) in [5.74, 6) is -0.183. The molecule has 4 rings (SSSR count). The summed E-state index contributed by atoms with van der Waals surface area (Å²) in [5.41, 5.74) is 3.66. The Bertz CT molecular complexity index is 1090. The predicted octanol–water partition coefficient (Wildman–Crippen LogP) is 4.79. The molecule has 0 N–H and O–H groups in total. The molecule has 0 aliphatic carbocycles. The normalized spacial score (nSPS) is 11.1. The van der Waals surface area contributed by atoms with E-state index >= 15 is 0 Å². The summed E-state index contributed by atoms with van der Waals surface area (Å²) < 4.78 is 15.1. The first-order valence-electron chi connectivity index (χ1n) is 9.17. The van der Waals surface area contributed by atoms with Crippen LogP contribution in [0.4, 0.5) is 4.39 Å². The average Bonchev–Trinajstić information content (AvgIpc) is 3.29. The molecule has 4 aromatic rings. The third kappa shape index (κ3) is 3.82. The van der Waals surface area contributed by atoms with Crippen LogP contribution in [0.5, 0.6) is 0 Å². The Morgan fingerprint density at radius 2 is 1.89 bits per heavy atom. The second-order valence-corrected chi connectivity index (χ2v) is 7.42. The molecule has 0 spiro atoms. The van der Waals surface area contributed by atoms with Crippen molar-refractivity contribution in [3.63, 3.8) is 0 Å². The maximum Gasteiger partial charge on any atom is 0.228 e. The molecule has 4 nitrogen and oxygen atoms in total. The van der Waals surface area contributed by atoms with Gasteiger partial charge in [0.05, 0.1) is 12.1 Å². The average molecular weight is 393 g/mol. The van der Waals surface area contributed by atoms with Crippen molar-refractivity contribution in [2.24, 2.45) is 0 Å². The second-order valence-electron chi connectivity index (χ2n) is 6.58. The van der Waals surface area contributed by atoms with E-state index in [2.05, 4.69) is 4.98 Å². The number of carbonyl (C=O) groups excluding carboxylic acids is 1. The lowest BCUT2D eigenvalue weighted by molar-refractivity contribution is -0.130. The zero-order chi connectivity index (χ0) is 19.5. The number of imidazole rings is 1. The third-order valence-corrected chi connectivity index (χ3v) is 5.60. The van der Waals surface area contributed by atoms with Crippen LogP contribution >= 0.6 is 11.3 Å². The van der Waals surface area contributed by atoms with Crippen molar-refractivity contribution in [3.05, 3.63) is 83.2 Å². The number of aromatic nitrogens is 2. The molecule has 0 saturated heterocycles. The number of likely N-dealkylation sites (N-methyl/N-ethyl adjacent to an activating group) is 1.